The second-order valence-corrected chi connectivity index (χ2v) is 14.4. The van der Waals surface area contributed by atoms with Gasteiger partial charge in [-0.3, -0.25) is 0 Å². The molecule has 0 atom stereocenters. The molecule has 0 saturated carbocycles. The highest BCUT2D eigenvalue weighted by Crippen LogP contribution is 2.36. The first-order valence-corrected chi connectivity index (χ1v) is 12.7. The first-order valence-electron chi connectivity index (χ1n) is 9.81. The molecule has 0 bridgehead atoms. The Labute approximate surface area is 175 Å². The number of hydrogen-bond donors (Lipinski definition) is 0. The summed E-state index contributed by atoms with van der Waals surface area (Å²) >= 11 is 0. The Balaban J connectivity index is 2.88. The summed E-state index contributed by atoms with van der Waals surface area (Å²) in [5.74, 6) is -0.497. The van der Waals surface area contributed by atoms with Crippen LogP contribution >= 0.6 is 0 Å². The minimum atomic E-state index is -1.91. The maximum Gasteiger partial charge on any atom is 0.410 e. The van der Waals surface area contributed by atoms with Gasteiger partial charge in [0.25, 0.3) is 0 Å². The molecule has 0 aromatic carbocycles. The number of hydrogen-bond acceptors (Lipinski definition) is 6. The van der Waals surface area contributed by atoms with E-state index in [2.05, 4.69) is 43.6 Å². The SMILES string of the molecule is COC(=O)c1ccc(CN(CCO[Si](C)(C)C(C)(C)C)C(=O)OC(C)(C)C)cn1. The third kappa shape index (κ3) is 8.14. The Kier molecular flexibility index (Phi) is 8.41. The fourth-order valence-electron chi connectivity index (χ4n) is 2.15. The van der Waals surface area contributed by atoms with Crippen LogP contribution in [0.15, 0.2) is 18.3 Å². The second kappa shape index (κ2) is 9.71. The van der Waals surface area contributed by atoms with Gasteiger partial charge in [0, 0.05) is 12.7 Å². The Bertz CT molecular complexity index is 691. The number of pyridine rings is 1. The summed E-state index contributed by atoms with van der Waals surface area (Å²) in [6, 6.07) is 3.34. The highest BCUT2D eigenvalue weighted by molar-refractivity contribution is 6.74. The van der Waals surface area contributed by atoms with Crippen molar-refractivity contribution >= 4 is 20.4 Å². The molecule has 0 N–H and O–H groups in total. The molecule has 0 unspecified atom stereocenters. The largest absolute Gasteiger partial charge is 0.464 e. The van der Waals surface area contributed by atoms with Crippen LogP contribution in [0.4, 0.5) is 4.79 Å². The van der Waals surface area contributed by atoms with Crippen molar-refractivity contribution in [2.45, 2.75) is 71.8 Å². The number of methoxy groups -OCH3 is 1. The minimum absolute atomic E-state index is 0.0946. The number of aromatic nitrogens is 1. The fourth-order valence-corrected chi connectivity index (χ4v) is 3.19. The molecule has 1 rings (SSSR count). The highest BCUT2D eigenvalue weighted by Gasteiger charge is 2.37. The van der Waals surface area contributed by atoms with Crippen LogP contribution < -0.4 is 0 Å². The van der Waals surface area contributed by atoms with Gasteiger partial charge in [0.1, 0.15) is 11.3 Å². The summed E-state index contributed by atoms with van der Waals surface area (Å²) in [5.41, 5.74) is 0.417. The summed E-state index contributed by atoms with van der Waals surface area (Å²) in [4.78, 5) is 30.0. The van der Waals surface area contributed by atoms with Gasteiger partial charge in [-0.2, -0.15) is 0 Å². The van der Waals surface area contributed by atoms with Crippen molar-refractivity contribution in [1.29, 1.82) is 0 Å². The van der Waals surface area contributed by atoms with Crippen LogP contribution in [0.25, 0.3) is 0 Å². The summed E-state index contributed by atoms with van der Waals surface area (Å²) in [5, 5.41) is 0.0946. The second-order valence-electron chi connectivity index (χ2n) is 9.55. The zero-order chi connectivity index (χ0) is 22.5. The summed E-state index contributed by atoms with van der Waals surface area (Å²) in [7, 11) is -0.602. The highest BCUT2D eigenvalue weighted by atomic mass is 28.4. The van der Waals surface area contributed by atoms with E-state index in [0.717, 1.165) is 5.56 Å². The number of carbonyl (C=O) groups excluding carboxylic acids is 2. The van der Waals surface area contributed by atoms with Gasteiger partial charge in [0.05, 0.1) is 20.3 Å². The normalized spacial score (nSPS) is 12.4. The van der Waals surface area contributed by atoms with Crippen molar-refractivity contribution in [3.8, 4) is 0 Å². The van der Waals surface area contributed by atoms with Gasteiger partial charge in [0.2, 0.25) is 0 Å². The van der Waals surface area contributed by atoms with Crippen molar-refractivity contribution in [3.05, 3.63) is 29.6 Å². The Morgan fingerprint density at radius 2 is 1.72 bits per heavy atom. The number of carbonyl (C=O) groups is 2. The third-order valence-electron chi connectivity index (χ3n) is 4.87. The van der Waals surface area contributed by atoms with E-state index < -0.39 is 26.0 Å². The quantitative estimate of drug-likeness (QED) is 0.469. The summed E-state index contributed by atoms with van der Waals surface area (Å²) in [6.07, 6.45) is 1.16. The number of nitrogens with zero attached hydrogens (tertiary/aromatic N) is 2. The molecule has 1 aromatic heterocycles. The van der Waals surface area contributed by atoms with E-state index in [9.17, 15) is 9.59 Å². The molecule has 29 heavy (non-hydrogen) atoms. The van der Waals surface area contributed by atoms with Crippen LogP contribution in [0, 0.1) is 0 Å². The van der Waals surface area contributed by atoms with E-state index >= 15 is 0 Å². The van der Waals surface area contributed by atoms with Crippen LogP contribution in [0.1, 0.15) is 57.6 Å². The first-order chi connectivity index (χ1) is 13.2. The molecule has 7 nitrogen and oxygen atoms in total. The number of rotatable bonds is 7. The predicted molar refractivity (Wildman–Crippen MR) is 115 cm³/mol. The third-order valence-corrected chi connectivity index (χ3v) is 9.41. The van der Waals surface area contributed by atoms with Gasteiger partial charge >= 0.3 is 12.1 Å². The van der Waals surface area contributed by atoms with Crippen molar-refractivity contribution < 1.29 is 23.5 Å². The molecule has 8 heteroatoms. The lowest BCUT2D eigenvalue weighted by molar-refractivity contribution is 0.0205. The monoisotopic (exact) mass is 424 g/mol. The zero-order valence-electron chi connectivity index (χ0n) is 19.3. The molecule has 0 aliphatic heterocycles. The van der Waals surface area contributed by atoms with Crippen LogP contribution in [-0.2, 0) is 20.4 Å². The molecule has 0 spiro atoms. The van der Waals surface area contributed by atoms with Gasteiger partial charge in [-0.15, -0.1) is 0 Å². The van der Waals surface area contributed by atoms with Gasteiger partial charge in [0.15, 0.2) is 8.32 Å². The van der Waals surface area contributed by atoms with Crippen molar-refractivity contribution in [3.63, 3.8) is 0 Å². The van der Waals surface area contributed by atoms with E-state index in [1.165, 1.54) is 7.11 Å². The van der Waals surface area contributed by atoms with Crippen LogP contribution in [-0.4, -0.2) is 56.1 Å². The smallest absolute Gasteiger partial charge is 0.410 e. The maximum atomic E-state index is 12.7. The molecule has 164 valence electrons. The van der Waals surface area contributed by atoms with E-state index in [0.29, 0.717) is 19.7 Å². The Hall–Kier alpha value is -1.93. The van der Waals surface area contributed by atoms with E-state index in [1.54, 1.807) is 23.2 Å². The van der Waals surface area contributed by atoms with Gasteiger partial charge in [-0.1, -0.05) is 26.8 Å². The minimum Gasteiger partial charge on any atom is -0.464 e. The van der Waals surface area contributed by atoms with Gasteiger partial charge < -0.3 is 18.8 Å². The molecule has 1 aromatic rings. The molecule has 0 aliphatic rings. The summed E-state index contributed by atoms with van der Waals surface area (Å²) < 4.78 is 16.4. The van der Waals surface area contributed by atoms with E-state index in [1.807, 2.05) is 20.8 Å². The zero-order valence-corrected chi connectivity index (χ0v) is 20.3. The molecular weight excluding hydrogens is 388 g/mol. The average molecular weight is 425 g/mol. The average Bonchev–Trinajstić information content (AvgIpc) is 2.58. The lowest BCUT2D eigenvalue weighted by Crippen LogP contribution is -2.44. The lowest BCUT2D eigenvalue weighted by Gasteiger charge is -2.37. The molecule has 0 aliphatic carbocycles. The molecule has 0 saturated heterocycles. The van der Waals surface area contributed by atoms with Crippen molar-refractivity contribution in [2.24, 2.45) is 0 Å². The predicted octanol–water partition coefficient (Wildman–Crippen LogP) is 4.63. The van der Waals surface area contributed by atoms with Crippen LogP contribution in [0.3, 0.4) is 0 Å². The number of esters is 1. The van der Waals surface area contributed by atoms with E-state index in [-0.39, 0.29) is 10.7 Å². The first kappa shape index (κ1) is 25.1. The lowest BCUT2D eigenvalue weighted by atomic mass is 10.2. The van der Waals surface area contributed by atoms with Crippen molar-refractivity contribution in [1.82, 2.24) is 9.88 Å². The molecule has 1 heterocycles. The van der Waals surface area contributed by atoms with Crippen LogP contribution in [0.5, 0.6) is 0 Å². The van der Waals surface area contributed by atoms with E-state index in [4.69, 9.17) is 9.16 Å². The van der Waals surface area contributed by atoms with Gasteiger partial charge in [-0.25, -0.2) is 14.6 Å². The maximum absolute atomic E-state index is 12.7. The molecule has 0 radical (unpaired) electrons. The Morgan fingerprint density at radius 3 is 2.17 bits per heavy atom. The topological polar surface area (TPSA) is 78.0 Å². The fraction of sp³-hybridized carbons (Fsp3) is 0.667. The van der Waals surface area contributed by atoms with Crippen molar-refractivity contribution in [2.75, 3.05) is 20.3 Å². The number of amides is 1. The Morgan fingerprint density at radius 1 is 1.10 bits per heavy atom. The number of ether oxygens (including phenoxy) is 2. The standard InChI is InChI=1S/C21H36N2O5Si/c1-20(2,3)28-19(25)23(12-13-27-29(8,9)21(4,5)6)15-16-10-11-17(22-14-16)18(24)26-7/h10-11,14H,12-13,15H2,1-9H3. The van der Waals surface area contributed by atoms with Crippen LogP contribution in [0.2, 0.25) is 18.1 Å². The molecule has 0 fully saturated rings. The molecular formula is C21H36N2O5Si. The van der Waals surface area contributed by atoms with Gasteiger partial charge in [-0.05, 0) is 50.5 Å². The molecule has 1 amide bonds. The summed E-state index contributed by atoms with van der Waals surface area (Å²) in [6.45, 7) is 17.6.